The topological polar surface area (TPSA) is 53.7 Å². The van der Waals surface area contributed by atoms with E-state index in [2.05, 4.69) is 11.8 Å². The maximum absolute atomic E-state index is 13.8. The number of hydrogen-bond acceptors (Lipinski definition) is 3. The normalized spacial score (nSPS) is 9.86. The molecule has 0 unspecified atom stereocenters. The average Bonchev–Trinajstić information content (AvgIpc) is 2.98. The summed E-state index contributed by atoms with van der Waals surface area (Å²) >= 11 is 0. The van der Waals surface area contributed by atoms with Crippen molar-refractivity contribution in [1.29, 1.82) is 0 Å². The van der Waals surface area contributed by atoms with E-state index in [0.29, 0.717) is 12.3 Å². The Balaban J connectivity index is 2.14. The van der Waals surface area contributed by atoms with Crippen LogP contribution in [-0.2, 0) is 6.54 Å². The van der Waals surface area contributed by atoms with Gasteiger partial charge < -0.3 is 14.4 Å². The molecule has 0 fully saturated rings. The van der Waals surface area contributed by atoms with Gasteiger partial charge in [0.15, 0.2) is 0 Å². The van der Waals surface area contributed by atoms with Gasteiger partial charge in [0.1, 0.15) is 18.2 Å². The number of hydrogen-bond donors (Lipinski definition) is 1. The fourth-order valence-electron chi connectivity index (χ4n) is 1.81. The van der Waals surface area contributed by atoms with E-state index in [1.807, 2.05) is 0 Å². The first-order valence-corrected chi connectivity index (χ1v) is 6.29. The lowest BCUT2D eigenvalue weighted by molar-refractivity contribution is 0.0775. The van der Waals surface area contributed by atoms with Crippen molar-refractivity contribution >= 4 is 5.91 Å². The highest BCUT2D eigenvalue weighted by Crippen LogP contribution is 2.13. The molecule has 0 aliphatic carbocycles. The van der Waals surface area contributed by atoms with Crippen molar-refractivity contribution in [2.75, 3.05) is 13.7 Å². The molecule has 21 heavy (non-hydrogen) atoms. The van der Waals surface area contributed by atoms with Gasteiger partial charge in [0.25, 0.3) is 5.91 Å². The van der Waals surface area contributed by atoms with Gasteiger partial charge in [-0.05, 0) is 30.3 Å². The second-order valence-electron chi connectivity index (χ2n) is 4.40. The Morgan fingerprint density at radius 2 is 2.24 bits per heavy atom. The molecule has 0 saturated carbocycles. The molecule has 0 spiro atoms. The molecule has 1 N–H and O–H groups in total. The quantitative estimate of drug-likeness (QED) is 0.879. The van der Waals surface area contributed by atoms with Crippen LogP contribution in [0.2, 0.25) is 0 Å². The van der Waals surface area contributed by atoms with Crippen molar-refractivity contribution < 1.29 is 18.7 Å². The number of rotatable bonds is 3. The Morgan fingerprint density at radius 1 is 1.43 bits per heavy atom. The standard InChI is InChI=1S/C16H14FNO3/c1-18(11-14-5-3-9-21-14)16(20)13-7-6-12(4-2-8-19)15(17)10-13/h3,5-7,9-10,19H,8,11H2,1H3. The monoisotopic (exact) mass is 287 g/mol. The van der Waals surface area contributed by atoms with Gasteiger partial charge in [-0.1, -0.05) is 11.8 Å². The highest BCUT2D eigenvalue weighted by atomic mass is 19.1. The Morgan fingerprint density at radius 3 is 2.86 bits per heavy atom. The van der Waals surface area contributed by atoms with Crippen LogP contribution in [-0.4, -0.2) is 29.6 Å². The molecule has 5 heteroatoms. The number of carbonyl (C=O) groups is 1. The zero-order chi connectivity index (χ0) is 15.2. The molecule has 0 radical (unpaired) electrons. The van der Waals surface area contributed by atoms with Gasteiger partial charge in [0, 0.05) is 12.6 Å². The molecule has 0 saturated heterocycles. The van der Waals surface area contributed by atoms with Crippen molar-refractivity contribution in [3.05, 3.63) is 59.3 Å². The summed E-state index contributed by atoms with van der Waals surface area (Å²) in [5.74, 6) is 4.59. The number of amides is 1. The first-order valence-electron chi connectivity index (χ1n) is 6.29. The van der Waals surface area contributed by atoms with Gasteiger partial charge in [0.05, 0.1) is 18.4 Å². The van der Waals surface area contributed by atoms with Gasteiger partial charge in [-0.25, -0.2) is 4.39 Å². The van der Waals surface area contributed by atoms with Crippen molar-refractivity contribution in [3.8, 4) is 11.8 Å². The fraction of sp³-hybridized carbons (Fsp3) is 0.188. The van der Waals surface area contributed by atoms with E-state index in [0.717, 1.165) is 6.07 Å². The zero-order valence-electron chi connectivity index (χ0n) is 11.5. The number of aliphatic hydroxyl groups excluding tert-OH is 1. The second-order valence-corrected chi connectivity index (χ2v) is 4.40. The highest BCUT2D eigenvalue weighted by molar-refractivity contribution is 5.94. The van der Waals surface area contributed by atoms with E-state index in [1.54, 1.807) is 19.2 Å². The highest BCUT2D eigenvalue weighted by Gasteiger charge is 2.14. The fourth-order valence-corrected chi connectivity index (χ4v) is 1.81. The summed E-state index contributed by atoms with van der Waals surface area (Å²) in [6, 6.07) is 7.57. The summed E-state index contributed by atoms with van der Waals surface area (Å²) < 4.78 is 19.0. The smallest absolute Gasteiger partial charge is 0.254 e. The predicted octanol–water partition coefficient (Wildman–Crippen LogP) is 2.03. The van der Waals surface area contributed by atoms with Crippen LogP contribution >= 0.6 is 0 Å². The summed E-state index contributed by atoms with van der Waals surface area (Å²) in [5, 5.41) is 8.59. The number of carbonyl (C=O) groups excluding carboxylic acids is 1. The van der Waals surface area contributed by atoms with Crippen molar-refractivity contribution in [2.45, 2.75) is 6.54 Å². The van der Waals surface area contributed by atoms with Crippen molar-refractivity contribution in [2.24, 2.45) is 0 Å². The van der Waals surface area contributed by atoms with Crippen LogP contribution < -0.4 is 0 Å². The molecule has 0 aliphatic rings. The Bertz CT molecular complexity index is 683. The van der Waals surface area contributed by atoms with Crippen LogP contribution in [0.1, 0.15) is 21.7 Å². The molecule has 0 aliphatic heterocycles. The summed E-state index contributed by atoms with van der Waals surface area (Å²) in [4.78, 5) is 13.6. The van der Waals surface area contributed by atoms with Crippen LogP contribution in [0.5, 0.6) is 0 Å². The Labute approximate surface area is 121 Å². The van der Waals surface area contributed by atoms with Crippen molar-refractivity contribution in [3.63, 3.8) is 0 Å². The van der Waals surface area contributed by atoms with E-state index >= 15 is 0 Å². The van der Waals surface area contributed by atoms with Gasteiger partial charge in [0.2, 0.25) is 0 Å². The van der Waals surface area contributed by atoms with E-state index in [4.69, 9.17) is 9.52 Å². The lowest BCUT2D eigenvalue weighted by Gasteiger charge is -2.15. The van der Waals surface area contributed by atoms with Crippen LogP contribution in [0.25, 0.3) is 0 Å². The molecule has 1 heterocycles. The minimum atomic E-state index is -0.590. The minimum absolute atomic E-state index is 0.147. The maximum atomic E-state index is 13.8. The minimum Gasteiger partial charge on any atom is -0.467 e. The number of benzene rings is 1. The molecular formula is C16H14FNO3. The first-order chi connectivity index (χ1) is 10.1. The third-order valence-electron chi connectivity index (χ3n) is 2.84. The summed E-state index contributed by atoms with van der Waals surface area (Å²) in [5.41, 5.74) is 0.380. The van der Waals surface area contributed by atoms with Crippen LogP contribution in [0.15, 0.2) is 41.0 Å². The van der Waals surface area contributed by atoms with E-state index < -0.39 is 5.82 Å². The largest absolute Gasteiger partial charge is 0.467 e. The third-order valence-corrected chi connectivity index (χ3v) is 2.84. The second kappa shape index (κ2) is 6.73. The summed E-state index contributed by atoms with van der Waals surface area (Å²) in [6.45, 7) is -0.0362. The van der Waals surface area contributed by atoms with E-state index in [1.165, 1.54) is 23.3 Å². The lowest BCUT2D eigenvalue weighted by atomic mass is 10.1. The maximum Gasteiger partial charge on any atom is 0.254 e. The molecule has 2 aromatic rings. The lowest BCUT2D eigenvalue weighted by Crippen LogP contribution is -2.26. The number of nitrogens with zero attached hydrogens (tertiary/aromatic N) is 1. The SMILES string of the molecule is CN(Cc1ccco1)C(=O)c1ccc(C#CCO)c(F)c1. The molecule has 1 amide bonds. The van der Waals surface area contributed by atoms with E-state index in [-0.39, 0.29) is 23.6 Å². The molecular weight excluding hydrogens is 273 g/mol. The average molecular weight is 287 g/mol. The van der Waals surface area contributed by atoms with E-state index in [9.17, 15) is 9.18 Å². The molecule has 4 nitrogen and oxygen atoms in total. The Hall–Kier alpha value is -2.58. The van der Waals surface area contributed by atoms with Crippen LogP contribution in [0.3, 0.4) is 0 Å². The zero-order valence-corrected chi connectivity index (χ0v) is 11.5. The summed E-state index contributed by atoms with van der Waals surface area (Å²) in [7, 11) is 1.61. The van der Waals surface area contributed by atoms with Gasteiger partial charge in [-0.3, -0.25) is 4.79 Å². The molecule has 1 aromatic heterocycles. The molecule has 0 bridgehead atoms. The molecule has 2 rings (SSSR count). The number of furan rings is 1. The van der Waals surface area contributed by atoms with Gasteiger partial charge in [-0.2, -0.15) is 0 Å². The number of halogens is 1. The molecule has 108 valence electrons. The van der Waals surface area contributed by atoms with Gasteiger partial charge in [-0.15, -0.1) is 0 Å². The summed E-state index contributed by atoms with van der Waals surface area (Å²) in [6.07, 6.45) is 1.53. The molecule has 1 aromatic carbocycles. The van der Waals surface area contributed by atoms with Crippen molar-refractivity contribution in [1.82, 2.24) is 4.90 Å². The van der Waals surface area contributed by atoms with Gasteiger partial charge >= 0.3 is 0 Å². The molecule has 0 atom stereocenters. The van der Waals surface area contributed by atoms with Crippen LogP contribution in [0.4, 0.5) is 4.39 Å². The Kier molecular flexibility index (Phi) is 4.75. The number of aliphatic hydroxyl groups is 1. The third kappa shape index (κ3) is 3.71. The first kappa shape index (κ1) is 14.8. The van der Waals surface area contributed by atoms with Crippen LogP contribution in [0, 0.1) is 17.7 Å². The predicted molar refractivity (Wildman–Crippen MR) is 74.9 cm³/mol.